The van der Waals surface area contributed by atoms with Gasteiger partial charge in [0.05, 0.1) is 7.11 Å². The number of nitrogens with one attached hydrogen (secondary N) is 2. The van der Waals surface area contributed by atoms with Gasteiger partial charge in [0.15, 0.2) is 0 Å². The molecule has 0 bridgehead atoms. The van der Waals surface area contributed by atoms with Crippen molar-refractivity contribution in [3.8, 4) is 5.75 Å². The zero-order chi connectivity index (χ0) is 12.1. The van der Waals surface area contributed by atoms with E-state index in [9.17, 15) is 0 Å². The molecule has 0 amide bonds. The summed E-state index contributed by atoms with van der Waals surface area (Å²) in [5.74, 6) is 1.85. The van der Waals surface area contributed by atoms with Crippen molar-refractivity contribution >= 4 is 0 Å². The van der Waals surface area contributed by atoms with Gasteiger partial charge in [0.1, 0.15) is 11.6 Å². The van der Waals surface area contributed by atoms with E-state index in [0.717, 1.165) is 30.2 Å². The first kappa shape index (κ1) is 11.7. The maximum absolute atomic E-state index is 5.20. The van der Waals surface area contributed by atoms with Crippen LogP contribution in [0.4, 0.5) is 0 Å². The van der Waals surface area contributed by atoms with Crippen LogP contribution < -0.4 is 10.1 Å². The lowest BCUT2D eigenvalue weighted by molar-refractivity contribution is 0.414. The molecule has 0 aliphatic heterocycles. The van der Waals surface area contributed by atoms with Gasteiger partial charge in [-0.05, 0) is 24.7 Å². The number of benzene rings is 1. The molecule has 1 heterocycles. The number of nitrogens with zero attached hydrogens (tertiary/aromatic N) is 1. The lowest BCUT2D eigenvalue weighted by Gasteiger charge is -2.02. The molecule has 4 nitrogen and oxygen atoms in total. The molecule has 0 radical (unpaired) electrons. The van der Waals surface area contributed by atoms with Crippen LogP contribution in [0.2, 0.25) is 0 Å². The Labute approximate surface area is 101 Å². The molecule has 90 valence electrons. The highest BCUT2D eigenvalue weighted by Crippen LogP contribution is 2.14. The fraction of sp³-hybridized carbons (Fsp3) is 0.308. The third kappa shape index (κ3) is 3.07. The summed E-state index contributed by atoms with van der Waals surface area (Å²) in [6.07, 6.45) is 2.66. The highest BCUT2D eigenvalue weighted by atomic mass is 16.5. The van der Waals surface area contributed by atoms with Crippen LogP contribution in [-0.4, -0.2) is 24.1 Å². The van der Waals surface area contributed by atoms with Crippen LogP contribution in [0.25, 0.3) is 0 Å². The number of rotatable bonds is 5. The summed E-state index contributed by atoms with van der Waals surface area (Å²) < 4.78 is 5.20. The van der Waals surface area contributed by atoms with Crippen molar-refractivity contribution in [2.24, 2.45) is 0 Å². The van der Waals surface area contributed by atoms with E-state index in [1.54, 1.807) is 7.11 Å². The molecule has 0 aliphatic carbocycles. The standard InChI is InChI=1S/C13H17N3O/c1-14-8-11-9-15-13(16-11)7-10-4-3-5-12(6-10)17-2/h3-6,9,14H,7-8H2,1-2H3,(H,15,16). The van der Waals surface area contributed by atoms with E-state index >= 15 is 0 Å². The summed E-state index contributed by atoms with van der Waals surface area (Å²) in [5.41, 5.74) is 2.29. The van der Waals surface area contributed by atoms with Crippen molar-refractivity contribution in [3.05, 3.63) is 47.5 Å². The van der Waals surface area contributed by atoms with Gasteiger partial charge in [-0.3, -0.25) is 0 Å². The number of methoxy groups -OCH3 is 1. The van der Waals surface area contributed by atoms with Crippen molar-refractivity contribution < 1.29 is 4.74 Å². The summed E-state index contributed by atoms with van der Waals surface area (Å²) in [4.78, 5) is 7.63. The van der Waals surface area contributed by atoms with Crippen LogP contribution >= 0.6 is 0 Å². The Morgan fingerprint density at radius 2 is 2.29 bits per heavy atom. The van der Waals surface area contributed by atoms with E-state index in [2.05, 4.69) is 21.4 Å². The molecular formula is C13H17N3O. The second-order valence-electron chi connectivity index (χ2n) is 3.91. The molecule has 1 aromatic carbocycles. The Bertz CT molecular complexity index is 479. The van der Waals surface area contributed by atoms with Gasteiger partial charge >= 0.3 is 0 Å². The Morgan fingerprint density at radius 3 is 3.06 bits per heavy atom. The molecule has 4 heteroatoms. The van der Waals surface area contributed by atoms with Gasteiger partial charge in [-0.15, -0.1) is 0 Å². The normalized spacial score (nSPS) is 10.5. The van der Waals surface area contributed by atoms with E-state index in [0.29, 0.717) is 0 Å². The van der Waals surface area contributed by atoms with Gasteiger partial charge in [-0.2, -0.15) is 0 Å². The lowest BCUT2D eigenvalue weighted by Crippen LogP contribution is -2.05. The van der Waals surface area contributed by atoms with E-state index in [-0.39, 0.29) is 0 Å². The van der Waals surface area contributed by atoms with Crippen molar-refractivity contribution in [3.63, 3.8) is 0 Å². The summed E-state index contributed by atoms with van der Waals surface area (Å²) in [7, 11) is 3.60. The van der Waals surface area contributed by atoms with Crippen LogP contribution in [0.1, 0.15) is 17.1 Å². The molecule has 0 saturated carbocycles. The molecule has 0 fully saturated rings. The van der Waals surface area contributed by atoms with Crippen LogP contribution in [0.15, 0.2) is 30.5 Å². The van der Waals surface area contributed by atoms with Crippen molar-refractivity contribution in [2.75, 3.05) is 14.2 Å². The molecule has 0 spiro atoms. The minimum atomic E-state index is 0.793. The predicted octanol–water partition coefficient (Wildman–Crippen LogP) is 1.73. The van der Waals surface area contributed by atoms with Crippen molar-refractivity contribution in [2.45, 2.75) is 13.0 Å². The average molecular weight is 231 g/mol. The number of hydrogen-bond acceptors (Lipinski definition) is 3. The predicted molar refractivity (Wildman–Crippen MR) is 67.2 cm³/mol. The first-order valence-corrected chi connectivity index (χ1v) is 5.62. The minimum Gasteiger partial charge on any atom is -0.497 e. The number of H-pyrrole nitrogens is 1. The highest BCUT2D eigenvalue weighted by Gasteiger charge is 2.02. The van der Waals surface area contributed by atoms with Gasteiger partial charge in [0, 0.05) is 24.9 Å². The molecular weight excluding hydrogens is 214 g/mol. The van der Waals surface area contributed by atoms with E-state index in [1.807, 2.05) is 31.4 Å². The molecule has 2 N–H and O–H groups in total. The Morgan fingerprint density at radius 1 is 1.41 bits per heavy atom. The number of imidazole rings is 1. The SMILES string of the molecule is CNCc1cnc(Cc2cccc(OC)c2)[nH]1. The third-order valence-corrected chi connectivity index (χ3v) is 2.55. The summed E-state index contributed by atoms with van der Waals surface area (Å²) >= 11 is 0. The Balaban J connectivity index is 2.08. The topological polar surface area (TPSA) is 49.9 Å². The molecule has 17 heavy (non-hydrogen) atoms. The zero-order valence-electron chi connectivity index (χ0n) is 10.2. The third-order valence-electron chi connectivity index (χ3n) is 2.55. The lowest BCUT2D eigenvalue weighted by atomic mass is 10.1. The molecule has 1 aromatic heterocycles. The molecule has 2 aromatic rings. The monoisotopic (exact) mass is 231 g/mol. The average Bonchev–Trinajstić information content (AvgIpc) is 2.77. The summed E-state index contributed by atoms with van der Waals surface area (Å²) in [6.45, 7) is 0.811. The maximum Gasteiger partial charge on any atom is 0.119 e. The van der Waals surface area contributed by atoms with Gasteiger partial charge in [0.25, 0.3) is 0 Å². The number of aromatic nitrogens is 2. The largest absolute Gasteiger partial charge is 0.497 e. The zero-order valence-corrected chi connectivity index (χ0v) is 10.2. The molecule has 0 unspecified atom stereocenters. The van der Waals surface area contributed by atoms with E-state index in [4.69, 9.17) is 4.74 Å². The number of aromatic amines is 1. The highest BCUT2D eigenvalue weighted by molar-refractivity contribution is 5.30. The number of hydrogen-bond donors (Lipinski definition) is 2. The molecule has 0 aliphatic rings. The smallest absolute Gasteiger partial charge is 0.119 e. The van der Waals surface area contributed by atoms with E-state index < -0.39 is 0 Å². The Hall–Kier alpha value is -1.81. The minimum absolute atomic E-state index is 0.793. The first-order valence-electron chi connectivity index (χ1n) is 5.62. The second-order valence-corrected chi connectivity index (χ2v) is 3.91. The first-order chi connectivity index (χ1) is 8.31. The molecule has 2 rings (SSSR count). The van der Waals surface area contributed by atoms with E-state index in [1.165, 1.54) is 5.56 Å². The van der Waals surface area contributed by atoms with Crippen molar-refractivity contribution in [1.29, 1.82) is 0 Å². The quantitative estimate of drug-likeness (QED) is 0.824. The fourth-order valence-corrected chi connectivity index (χ4v) is 1.75. The van der Waals surface area contributed by atoms with Crippen LogP contribution in [-0.2, 0) is 13.0 Å². The summed E-state index contributed by atoms with van der Waals surface area (Å²) in [5, 5.41) is 3.09. The van der Waals surface area contributed by atoms with Gasteiger partial charge in [-0.1, -0.05) is 12.1 Å². The van der Waals surface area contributed by atoms with Crippen molar-refractivity contribution in [1.82, 2.24) is 15.3 Å². The van der Waals surface area contributed by atoms with Crippen LogP contribution in [0.5, 0.6) is 5.75 Å². The fourth-order valence-electron chi connectivity index (χ4n) is 1.75. The van der Waals surface area contributed by atoms with Gasteiger partial charge in [0.2, 0.25) is 0 Å². The second kappa shape index (κ2) is 5.50. The van der Waals surface area contributed by atoms with Gasteiger partial charge < -0.3 is 15.0 Å². The van der Waals surface area contributed by atoms with Crippen LogP contribution in [0, 0.1) is 0 Å². The Kier molecular flexibility index (Phi) is 3.77. The summed E-state index contributed by atoms with van der Waals surface area (Å²) in [6, 6.07) is 8.03. The molecule has 0 saturated heterocycles. The molecule has 0 atom stereocenters. The van der Waals surface area contributed by atoms with Crippen LogP contribution in [0.3, 0.4) is 0 Å². The van der Waals surface area contributed by atoms with Gasteiger partial charge in [-0.25, -0.2) is 4.98 Å². The maximum atomic E-state index is 5.20. The number of ether oxygens (including phenoxy) is 1.